The summed E-state index contributed by atoms with van der Waals surface area (Å²) in [5.74, 6) is 0.957. The summed E-state index contributed by atoms with van der Waals surface area (Å²) in [6, 6.07) is 26.1. The average molecular weight is 420 g/mol. The van der Waals surface area contributed by atoms with Crippen LogP contribution in [0.3, 0.4) is 0 Å². The molecular weight excluding hydrogens is 390 g/mol. The maximum absolute atomic E-state index is 5.95. The summed E-state index contributed by atoms with van der Waals surface area (Å²) >= 11 is 0. The molecule has 0 spiro atoms. The summed E-state index contributed by atoms with van der Waals surface area (Å²) in [6.07, 6.45) is 4.91. The minimum absolute atomic E-state index is 0. The highest BCUT2D eigenvalue weighted by Crippen LogP contribution is 2.34. The van der Waals surface area contributed by atoms with Crippen LogP contribution in [0.4, 0.5) is 0 Å². The normalized spacial score (nSPS) is 10.9. The van der Waals surface area contributed by atoms with Gasteiger partial charge in [0.1, 0.15) is 12.3 Å². The molecule has 2 nitrogen and oxygen atoms in total. The Morgan fingerprint density at radius 2 is 1.30 bits per heavy atom. The molecule has 4 rings (SSSR count). The van der Waals surface area contributed by atoms with E-state index in [2.05, 4.69) is 91.2 Å². The molecule has 0 N–H and O–H groups in total. The molecule has 0 radical (unpaired) electrons. The summed E-state index contributed by atoms with van der Waals surface area (Å²) in [4.78, 5) is 0. The molecule has 0 amide bonds. The fourth-order valence-corrected chi connectivity index (χ4v) is 4.20. The van der Waals surface area contributed by atoms with Crippen molar-refractivity contribution in [3.05, 3.63) is 72.8 Å². The predicted octanol–water partition coefficient (Wildman–Crippen LogP) is 3.93. The van der Waals surface area contributed by atoms with Gasteiger partial charge in [-0.1, -0.05) is 62.6 Å². The molecule has 3 aromatic carbocycles. The molecule has 0 aliphatic rings. The minimum Gasteiger partial charge on any atom is -1.00 e. The molecule has 156 valence electrons. The quantitative estimate of drug-likeness (QED) is 0.239. The lowest BCUT2D eigenvalue weighted by atomic mass is 9.95. The first-order chi connectivity index (χ1) is 14.3. The van der Waals surface area contributed by atoms with Crippen molar-refractivity contribution in [2.45, 2.75) is 46.1 Å². The molecule has 0 fully saturated rings. The number of rotatable bonds is 8. The number of fused-ring (bicyclic) bond motifs is 2. The maximum Gasteiger partial charge on any atom is 0.213 e. The van der Waals surface area contributed by atoms with Gasteiger partial charge in [0.25, 0.3) is 0 Å². The molecule has 0 aliphatic carbocycles. The van der Waals surface area contributed by atoms with E-state index in [-0.39, 0.29) is 12.4 Å². The number of aryl methyl sites for hydroxylation is 1. The molecule has 0 unspecified atom stereocenters. The molecule has 0 aliphatic heterocycles. The molecule has 3 heteroatoms. The van der Waals surface area contributed by atoms with E-state index in [1.54, 1.807) is 0 Å². The van der Waals surface area contributed by atoms with Crippen molar-refractivity contribution in [3.8, 4) is 16.9 Å². The van der Waals surface area contributed by atoms with Crippen LogP contribution in [-0.4, -0.2) is 6.61 Å². The third kappa shape index (κ3) is 4.44. The Bertz CT molecular complexity index is 1050. The number of aromatic nitrogens is 1. The molecule has 30 heavy (non-hydrogen) atoms. The SMILES string of the molecule is CCCCCCOc1ccc(-c2c3ccccc3[n+](CC)c3ccccc23)cc1.[Cl-]. The van der Waals surface area contributed by atoms with Crippen LogP contribution in [-0.2, 0) is 6.54 Å². The van der Waals surface area contributed by atoms with Gasteiger partial charge >= 0.3 is 0 Å². The van der Waals surface area contributed by atoms with Gasteiger partial charge in [0.2, 0.25) is 11.0 Å². The van der Waals surface area contributed by atoms with Gasteiger partial charge in [-0.15, -0.1) is 0 Å². The maximum atomic E-state index is 5.95. The topological polar surface area (TPSA) is 13.1 Å². The van der Waals surface area contributed by atoms with Gasteiger partial charge in [0, 0.05) is 17.7 Å². The van der Waals surface area contributed by atoms with E-state index in [1.165, 1.54) is 52.2 Å². The van der Waals surface area contributed by atoms with Crippen LogP contribution in [0.2, 0.25) is 0 Å². The Kier molecular flexibility index (Phi) is 7.70. The van der Waals surface area contributed by atoms with Crippen LogP contribution in [0.1, 0.15) is 39.5 Å². The summed E-state index contributed by atoms with van der Waals surface area (Å²) in [5, 5.41) is 2.59. The van der Waals surface area contributed by atoms with Crippen LogP contribution in [0.5, 0.6) is 5.75 Å². The fourth-order valence-electron chi connectivity index (χ4n) is 4.20. The molecule has 1 heterocycles. The average Bonchev–Trinajstić information content (AvgIpc) is 2.78. The number of halogens is 1. The Morgan fingerprint density at radius 1 is 0.700 bits per heavy atom. The fraction of sp³-hybridized carbons (Fsp3) is 0.296. The highest BCUT2D eigenvalue weighted by Gasteiger charge is 2.19. The van der Waals surface area contributed by atoms with E-state index < -0.39 is 0 Å². The first-order valence-electron chi connectivity index (χ1n) is 10.9. The van der Waals surface area contributed by atoms with Gasteiger partial charge < -0.3 is 17.1 Å². The predicted molar refractivity (Wildman–Crippen MR) is 122 cm³/mol. The zero-order chi connectivity index (χ0) is 20.1. The zero-order valence-corrected chi connectivity index (χ0v) is 18.7. The molecule has 0 bridgehead atoms. The second kappa shape index (κ2) is 10.4. The third-order valence-electron chi connectivity index (χ3n) is 5.65. The van der Waals surface area contributed by atoms with Gasteiger partial charge in [0.15, 0.2) is 0 Å². The number of hydrogen-bond donors (Lipinski definition) is 0. The Morgan fingerprint density at radius 3 is 1.87 bits per heavy atom. The molecule has 0 atom stereocenters. The lowest BCUT2D eigenvalue weighted by Crippen LogP contribution is -3.00. The van der Waals surface area contributed by atoms with Crippen molar-refractivity contribution in [2.24, 2.45) is 0 Å². The number of benzene rings is 3. The van der Waals surface area contributed by atoms with Crippen molar-refractivity contribution in [1.82, 2.24) is 0 Å². The van der Waals surface area contributed by atoms with E-state index in [0.29, 0.717) is 0 Å². The van der Waals surface area contributed by atoms with Crippen molar-refractivity contribution < 1.29 is 21.7 Å². The van der Waals surface area contributed by atoms with Gasteiger partial charge in [-0.2, -0.15) is 4.57 Å². The number of nitrogens with zero attached hydrogens (tertiary/aromatic N) is 1. The van der Waals surface area contributed by atoms with E-state index >= 15 is 0 Å². The van der Waals surface area contributed by atoms with E-state index in [1.807, 2.05) is 0 Å². The van der Waals surface area contributed by atoms with Gasteiger partial charge in [0.05, 0.1) is 17.4 Å². The second-order valence-electron chi connectivity index (χ2n) is 7.59. The summed E-state index contributed by atoms with van der Waals surface area (Å²) in [5.41, 5.74) is 5.09. The highest BCUT2D eigenvalue weighted by molar-refractivity contribution is 6.07. The summed E-state index contributed by atoms with van der Waals surface area (Å²) < 4.78 is 8.36. The van der Waals surface area contributed by atoms with E-state index in [9.17, 15) is 0 Å². The smallest absolute Gasteiger partial charge is 0.213 e. The van der Waals surface area contributed by atoms with E-state index in [4.69, 9.17) is 4.74 Å². The van der Waals surface area contributed by atoms with E-state index in [0.717, 1.165) is 25.3 Å². The van der Waals surface area contributed by atoms with Gasteiger partial charge in [-0.05, 0) is 43.2 Å². The summed E-state index contributed by atoms with van der Waals surface area (Å²) in [6.45, 7) is 6.20. The number of hydrogen-bond acceptors (Lipinski definition) is 1. The Hall–Kier alpha value is -2.58. The van der Waals surface area contributed by atoms with Crippen LogP contribution < -0.4 is 21.7 Å². The molecule has 1 aromatic heterocycles. The van der Waals surface area contributed by atoms with Crippen molar-refractivity contribution in [2.75, 3.05) is 6.61 Å². The number of para-hydroxylation sites is 2. The van der Waals surface area contributed by atoms with Crippen LogP contribution in [0, 0.1) is 0 Å². The monoisotopic (exact) mass is 419 g/mol. The molecule has 0 saturated heterocycles. The highest BCUT2D eigenvalue weighted by atomic mass is 35.5. The van der Waals surface area contributed by atoms with Crippen LogP contribution in [0.15, 0.2) is 72.8 Å². The van der Waals surface area contributed by atoms with Crippen molar-refractivity contribution in [3.63, 3.8) is 0 Å². The van der Waals surface area contributed by atoms with Gasteiger partial charge in [-0.25, -0.2) is 0 Å². The largest absolute Gasteiger partial charge is 1.00 e. The first kappa shape index (κ1) is 22.1. The van der Waals surface area contributed by atoms with Crippen molar-refractivity contribution >= 4 is 21.8 Å². The lowest BCUT2D eigenvalue weighted by molar-refractivity contribution is -0.641. The van der Waals surface area contributed by atoms with Crippen molar-refractivity contribution in [1.29, 1.82) is 0 Å². The van der Waals surface area contributed by atoms with Gasteiger partial charge in [-0.3, -0.25) is 0 Å². The van der Waals surface area contributed by atoms with Crippen LogP contribution in [0.25, 0.3) is 32.9 Å². The number of ether oxygens (including phenoxy) is 1. The second-order valence-corrected chi connectivity index (χ2v) is 7.59. The zero-order valence-electron chi connectivity index (χ0n) is 17.9. The third-order valence-corrected chi connectivity index (χ3v) is 5.65. The van der Waals surface area contributed by atoms with Crippen LogP contribution >= 0.6 is 0 Å². The first-order valence-corrected chi connectivity index (χ1v) is 10.9. The Balaban J connectivity index is 0.00000256. The standard InChI is InChI=1S/C27H30NO.ClH/c1-3-5-6-11-20-29-22-18-16-21(17-19-22)27-23-12-7-9-14-25(23)28(4-2)26-15-10-8-13-24(26)27;/h7-10,12-19H,3-6,11,20H2,1-2H3;1H/q+1;/p-1. The minimum atomic E-state index is 0. The molecule has 4 aromatic rings. The molecular formula is C27H30ClNO. The summed E-state index contributed by atoms with van der Waals surface area (Å²) in [7, 11) is 0. The number of pyridine rings is 1. The number of unbranched alkanes of at least 4 members (excludes halogenated alkanes) is 3. The molecule has 0 saturated carbocycles. The lowest BCUT2D eigenvalue weighted by Gasteiger charge is -2.12. The Labute approximate surface area is 185 Å².